The molecular formula is C12H13ClN2. The van der Waals surface area contributed by atoms with Gasteiger partial charge in [-0.25, -0.2) is 0 Å². The van der Waals surface area contributed by atoms with Crippen molar-refractivity contribution in [3.63, 3.8) is 0 Å². The molecule has 0 aliphatic rings. The fourth-order valence-corrected chi connectivity index (χ4v) is 1.64. The fraction of sp³-hybridized carbons (Fsp3) is 0.167. The molecule has 0 fully saturated rings. The second kappa shape index (κ2) is 5.01. The van der Waals surface area contributed by atoms with E-state index in [-0.39, 0.29) is 0 Å². The van der Waals surface area contributed by atoms with Gasteiger partial charge in [-0.1, -0.05) is 41.9 Å². The molecule has 0 bridgehead atoms. The zero-order valence-corrected chi connectivity index (χ0v) is 9.09. The number of hydrogen-bond acceptors (Lipinski definition) is 1. The van der Waals surface area contributed by atoms with Crippen molar-refractivity contribution in [3.05, 3.63) is 58.9 Å². The lowest BCUT2D eigenvalue weighted by Gasteiger charge is -2.02. The maximum Gasteiger partial charge on any atom is 0.0583 e. The summed E-state index contributed by atoms with van der Waals surface area (Å²) in [5.74, 6) is 0. The number of rotatable bonds is 4. The van der Waals surface area contributed by atoms with Crippen molar-refractivity contribution in [2.45, 2.75) is 13.1 Å². The van der Waals surface area contributed by atoms with Gasteiger partial charge >= 0.3 is 0 Å². The van der Waals surface area contributed by atoms with Gasteiger partial charge in [0.25, 0.3) is 0 Å². The Morgan fingerprint density at radius 2 is 1.93 bits per heavy atom. The predicted octanol–water partition coefficient (Wildman–Crippen LogP) is 2.96. The molecule has 0 aliphatic carbocycles. The third-order valence-electron chi connectivity index (χ3n) is 2.19. The smallest absolute Gasteiger partial charge is 0.0583 e. The van der Waals surface area contributed by atoms with Crippen LogP contribution >= 0.6 is 11.6 Å². The number of nitrogens with one attached hydrogen (secondary N) is 2. The van der Waals surface area contributed by atoms with Gasteiger partial charge in [0.1, 0.15) is 0 Å². The molecule has 0 amide bonds. The predicted molar refractivity (Wildman–Crippen MR) is 62.8 cm³/mol. The minimum absolute atomic E-state index is 0.756. The average molecular weight is 221 g/mol. The first-order chi connectivity index (χ1) is 7.34. The summed E-state index contributed by atoms with van der Waals surface area (Å²) in [5, 5.41) is 4.10. The largest absolute Gasteiger partial charge is 0.363 e. The van der Waals surface area contributed by atoms with Crippen molar-refractivity contribution in [2.75, 3.05) is 0 Å². The maximum absolute atomic E-state index is 5.80. The van der Waals surface area contributed by atoms with E-state index in [2.05, 4.69) is 22.4 Å². The highest BCUT2D eigenvalue weighted by Gasteiger charge is 1.96. The third kappa shape index (κ3) is 3.11. The monoisotopic (exact) mass is 220 g/mol. The number of halogens is 1. The number of aromatic amines is 1. The Morgan fingerprint density at radius 1 is 1.13 bits per heavy atom. The van der Waals surface area contributed by atoms with Crippen LogP contribution in [0.15, 0.2) is 42.6 Å². The van der Waals surface area contributed by atoms with Gasteiger partial charge < -0.3 is 10.3 Å². The summed E-state index contributed by atoms with van der Waals surface area (Å²) in [6, 6.07) is 12.3. The normalized spacial score (nSPS) is 10.5. The van der Waals surface area contributed by atoms with Gasteiger partial charge in [0.15, 0.2) is 0 Å². The van der Waals surface area contributed by atoms with Gasteiger partial charge in [0.2, 0.25) is 0 Å². The van der Waals surface area contributed by atoms with E-state index < -0.39 is 0 Å². The van der Waals surface area contributed by atoms with Crippen LogP contribution in [0.2, 0.25) is 5.02 Å². The van der Waals surface area contributed by atoms with Crippen LogP contribution in [0.4, 0.5) is 0 Å². The van der Waals surface area contributed by atoms with Crippen molar-refractivity contribution >= 4 is 11.6 Å². The van der Waals surface area contributed by atoms with E-state index in [0.717, 1.165) is 23.8 Å². The molecule has 0 radical (unpaired) electrons. The Morgan fingerprint density at radius 3 is 2.60 bits per heavy atom. The first kappa shape index (κ1) is 10.3. The Hall–Kier alpha value is -1.25. The quantitative estimate of drug-likeness (QED) is 0.815. The summed E-state index contributed by atoms with van der Waals surface area (Å²) < 4.78 is 0. The highest BCUT2D eigenvalue weighted by atomic mass is 35.5. The number of H-pyrrole nitrogens is 1. The summed E-state index contributed by atoms with van der Waals surface area (Å²) in [6.07, 6.45) is 1.79. The third-order valence-corrected chi connectivity index (χ3v) is 2.41. The second-order valence-corrected chi connectivity index (χ2v) is 3.87. The lowest BCUT2D eigenvalue weighted by molar-refractivity contribution is 0.682. The number of benzene rings is 1. The van der Waals surface area contributed by atoms with Crippen LogP contribution < -0.4 is 5.32 Å². The van der Waals surface area contributed by atoms with Gasteiger partial charge in [-0.15, -0.1) is 0 Å². The summed E-state index contributed by atoms with van der Waals surface area (Å²) in [5.41, 5.74) is 2.39. The van der Waals surface area contributed by atoms with E-state index in [4.69, 9.17) is 11.6 Å². The van der Waals surface area contributed by atoms with Gasteiger partial charge in [-0.2, -0.15) is 0 Å². The number of aromatic nitrogens is 1. The molecule has 1 heterocycles. The van der Waals surface area contributed by atoms with E-state index in [1.165, 1.54) is 5.56 Å². The molecule has 2 nitrogen and oxygen atoms in total. The average Bonchev–Trinajstić information content (AvgIpc) is 2.66. The standard InChI is InChI=1S/C12H13ClN2/c13-11-6-12(15-8-11)9-14-7-10-4-2-1-3-5-10/h1-6,8,14-15H,7,9H2. The molecule has 78 valence electrons. The Labute approximate surface area is 94.3 Å². The highest BCUT2D eigenvalue weighted by Crippen LogP contribution is 2.09. The molecule has 0 aliphatic heterocycles. The van der Waals surface area contributed by atoms with Gasteiger partial charge in [0, 0.05) is 25.0 Å². The molecule has 15 heavy (non-hydrogen) atoms. The molecule has 0 unspecified atom stereocenters. The molecule has 1 aromatic carbocycles. The molecule has 0 saturated carbocycles. The highest BCUT2D eigenvalue weighted by molar-refractivity contribution is 6.30. The Balaban J connectivity index is 1.80. The van der Waals surface area contributed by atoms with Crippen molar-refractivity contribution < 1.29 is 0 Å². The first-order valence-electron chi connectivity index (χ1n) is 4.92. The van der Waals surface area contributed by atoms with E-state index >= 15 is 0 Å². The minimum atomic E-state index is 0.756. The van der Waals surface area contributed by atoms with E-state index in [1.807, 2.05) is 24.3 Å². The second-order valence-electron chi connectivity index (χ2n) is 3.43. The van der Waals surface area contributed by atoms with Crippen LogP contribution in [-0.2, 0) is 13.1 Å². The Kier molecular flexibility index (Phi) is 3.43. The SMILES string of the molecule is Clc1c[nH]c(CNCc2ccccc2)c1. The maximum atomic E-state index is 5.80. The zero-order valence-electron chi connectivity index (χ0n) is 8.33. The van der Waals surface area contributed by atoms with Crippen LogP contribution in [-0.4, -0.2) is 4.98 Å². The number of hydrogen-bond donors (Lipinski definition) is 2. The fourth-order valence-electron chi connectivity index (χ4n) is 1.45. The summed E-state index contributed by atoms with van der Waals surface area (Å²) >= 11 is 5.80. The summed E-state index contributed by atoms with van der Waals surface area (Å²) in [4.78, 5) is 3.10. The molecule has 2 aromatic rings. The van der Waals surface area contributed by atoms with Crippen LogP contribution in [0, 0.1) is 0 Å². The summed E-state index contributed by atoms with van der Waals surface area (Å²) in [7, 11) is 0. The summed E-state index contributed by atoms with van der Waals surface area (Å²) in [6.45, 7) is 1.68. The molecule has 1 aromatic heterocycles. The first-order valence-corrected chi connectivity index (χ1v) is 5.30. The molecule has 0 spiro atoms. The molecule has 0 atom stereocenters. The molecule has 2 rings (SSSR count). The van der Waals surface area contributed by atoms with Crippen LogP contribution in [0.1, 0.15) is 11.3 Å². The topological polar surface area (TPSA) is 27.8 Å². The van der Waals surface area contributed by atoms with E-state index in [0.29, 0.717) is 0 Å². The Bertz CT molecular complexity index is 409. The van der Waals surface area contributed by atoms with Gasteiger partial charge in [-0.3, -0.25) is 0 Å². The van der Waals surface area contributed by atoms with Crippen molar-refractivity contribution in [3.8, 4) is 0 Å². The molecule has 2 N–H and O–H groups in total. The van der Waals surface area contributed by atoms with Gasteiger partial charge in [-0.05, 0) is 11.6 Å². The van der Waals surface area contributed by atoms with Crippen LogP contribution in [0.5, 0.6) is 0 Å². The lowest BCUT2D eigenvalue weighted by Crippen LogP contribution is -2.12. The van der Waals surface area contributed by atoms with Crippen molar-refractivity contribution in [2.24, 2.45) is 0 Å². The van der Waals surface area contributed by atoms with E-state index in [9.17, 15) is 0 Å². The van der Waals surface area contributed by atoms with Crippen LogP contribution in [0.25, 0.3) is 0 Å². The molecule has 3 heteroatoms. The lowest BCUT2D eigenvalue weighted by atomic mass is 10.2. The van der Waals surface area contributed by atoms with Crippen LogP contribution in [0.3, 0.4) is 0 Å². The zero-order chi connectivity index (χ0) is 10.5. The molecule has 0 saturated heterocycles. The minimum Gasteiger partial charge on any atom is -0.363 e. The van der Waals surface area contributed by atoms with E-state index in [1.54, 1.807) is 6.20 Å². The molecular weight excluding hydrogens is 208 g/mol. The van der Waals surface area contributed by atoms with Crippen molar-refractivity contribution in [1.82, 2.24) is 10.3 Å². The van der Waals surface area contributed by atoms with Crippen molar-refractivity contribution in [1.29, 1.82) is 0 Å². The van der Waals surface area contributed by atoms with Gasteiger partial charge in [0.05, 0.1) is 5.02 Å².